The summed E-state index contributed by atoms with van der Waals surface area (Å²) >= 11 is 6.05. The number of halogens is 1. The van der Waals surface area contributed by atoms with E-state index in [-0.39, 0.29) is 16.7 Å². The lowest BCUT2D eigenvalue weighted by atomic mass is 10.1. The Kier molecular flexibility index (Phi) is 6.30. The second-order valence-corrected chi connectivity index (χ2v) is 5.69. The molecule has 0 aliphatic carbocycles. The molecule has 0 saturated carbocycles. The number of amides is 1. The van der Waals surface area contributed by atoms with Gasteiger partial charge in [0.2, 0.25) is 0 Å². The zero-order valence-electron chi connectivity index (χ0n) is 14.5. The normalized spacial score (nSPS) is 10.2. The summed E-state index contributed by atoms with van der Waals surface area (Å²) in [6.07, 6.45) is 0. The van der Waals surface area contributed by atoms with Crippen molar-refractivity contribution in [2.24, 2.45) is 0 Å². The van der Waals surface area contributed by atoms with E-state index in [1.165, 1.54) is 26.4 Å². The van der Waals surface area contributed by atoms with Crippen LogP contribution in [0.3, 0.4) is 0 Å². The highest BCUT2D eigenvalue weighted by Gasteiger charge is 2.14. The maximum atomic E-state index is 12.5. The number of hydrogen-bond donors (Lipinski definition) is 2. The second-order valence-electron chi connectivity index (χ2n) is 5.29. The molecule has 0 aromatic heterocycles. The van der Waals surface area contributed by atoms with Crippen molar-refractivity contribution in [1.29, 1.82) is 0 Å². The summed E-state index contributed by atoms with van der Waals surface area (Å²) in [4.78, 5) is 23.0. The Morgan fingerprint density at radius 1 is 1.08 bits per heavy atom. The van der Waals surface area contributed by atoms with Gasteiger partial charge in [0.1, 0.15) is 17.2 Å². The summed E-state index contributed by atoms with van der Waals surface area (Å²) < 4.78 is 15.6. The molecule has 0 radical (unpaired) electrons. The van der Waals surface area contributed by atoms with Gasteiger partial charge in [-0.25, -0.2) is 4.79 Å². The molecule has 0 spiro atoms. The average molecular weight is 380 g/mol. The standard InChI is InChI=1S/C18H18ClNO6/c1-10-15(24-2)6-11(7-16(10)25-3)18(23)20-12-4-5-14(13(19)8-12)26-9-17(21)22/h4-8H,9H2,1-3H3,(H,20,23)(H,21,22). The van der Waals surface area contributed by atoms with E-state index in [1.807, 2.05) is 6.92 Å². The highest BCUT2D eigenvalue weighted by molar-refractivity contribution is 6.32. The van der Waals surface area contributed by atoms with Crippen LogP contribution in [0.1, 0.15) is 15.9 Å². The maximum absolute atomic E-state index is 12.5. The summed E-state index contributed by atoms with van der Waals surface area (Å²) in [5, 5.41) is 11.5. The molecule has 26 heavy (non-hydrogen) atoms. The van der Waals surface area contributed by atoms with Crippen LogP contribution >= 0.6 is 11.6 Å². The van der Waals surface area contributed by atoms with Crippen LogP contribution < -0.4 is 19.5 Å². The van der Waals surface area contributed by atoms with Crippen LogP contribution in [0, 0.1) is 6.92 Å². The van der Waals surface area contributed by atoms with E-state index in [1.54, 1.807) is 18.2 Å². The molecule has 0 atom stereocenters. The van der Waals surface area contributed by atoms with Crippen molar-refractivity contribution in [1.82, 2.24) is 0 Å². The lowest BCUT2D eigenvalue weighted by Crippen LogP contribution is -2.13. The minimum Gasteiger partial charge on any atom is -0.496 e. The molecule has 0 unspecified atom stereocenters. The second kappa shape index (κ2) is 8.44. The SMILES string of the molecule is COc1cc(C(=O)Nc2ccc(OCC(=O)O)c(Cl)c2)cc(OC)c1C. The quantitative estimate of drug-likeness (QED) is 0.765. The number of methoxy groups -OCH3 is 2. The van der Waals surface area contributed by atoms with Crippen LogP contribution in [0.4, 0.5) is 5.69 Å². The third-order valence-corrected chi connectivity index (χ3v) is 3.85. The van der Waals surface area contributed by atoms with E-state index >= 15 is 0 Å². The number of carbonyl (C=O) groups is 2. The Bertz CT molecular complexity index is 811. The number of carbonyl (C=O) groups excluding carboxylic acids is 1. The lowest BCUT2D eigenvalue weighted by Gasteiger charge is -2.13. The van der Waals surface area contributed by atoms with Crippen LogP contribution in [0.25, 0.3) is 0 Å². The topological polar surface area (TPSA) is 94.1 Å². The van der Waals surface area contributed by atoms with E-state index in [0.29, 0.717) is 22.7 Å². The van der Waals surface area contributed by atoms with Gasteiger partial charge >= 0.3 is 5.97 Å². The molecular formula is C18H18ClNO6. The largest absolute Gasteiger partial charge is 0.496 e. The highest BCUT2D eigenvalue weighted by Crippen LogP contribution is 2.31. The predicted octanol–water partition coefficient (Wildman–Crippen LogP) is 3.38. The van der Waals surface area contributed by atoms with E-state index < -0.39 is 12.6 Å². The van der Waals surface area contributed by atoms with Gasteiger partial charge in [0.15, 0.2) is 6.61 Å². The molecule has 0 heterocycles. The van der Waals surface area contributed by atoms with Gasteiger partial charge in [0.25, 0.3) is 5.91 Å². The van der Waals surface area contributed by atoms with Gasteiger partial charge in [-0.05, 0) is 37.3 Å². The van der Waals surface area contributed by atoms with Crippen molar-refractivity contribution in [3.05, 3.63) is 46.5 Å². The smallest absolute Gasteiger partial charge is 0.341 e. The molecule has 2 aromatic rings. The first-order valence-electron chi connectivity index (χ1n) is 7.53. The number of carboxylic acids is 1. The van der Waals surface area contributed by atoms with E-state index in [9.17, 15) is 9.59 Å². The van der Waals surface area contributed by atoms with Crippen molar-refractivity contribution in [3.8, 4) is 17.2 Å². The van der Waals surface area contributed by atoms with Crippen LogP contribution in [0.5, 0.6) is 17.2 Å². The van der Waals surface area contributed by atoms with Crippen LogP contribution in [0.15, 0.2) is 30.3 Å². The fourth-order valence-electron chi connectivity index (χ4n) is 2.26. The number of benzene rings is 2. The predicted molar refractivity (Wildman–Crippen MR) is 96.8 cm³/mol. The van der Waals surface area contributed by atoms with E-state index in [0.717, 1.165) is 5.56 Å². The zero-order chi connectivity index (χ0) is 19.3. The van der Waals surface area contributed by atoms with Crippen molar-refractivity contribution in [2.75, 3.05) is 26.1 Å². The van der Waals surface area contributed by atoms with Gasteiger partial charge < -0.3 is 24.6 Å². The molecule has 0 aliphatic rings. The lowest BCUT2D eigenvalue weighted by molar-refractivity contribution is -0.139. The first-order valence-corrected chi connectivity index (χ1v) is 7.91. The molecule has 1 amide bonds. The minimum atomic E-state index is -1.11. The molecule has 2 N–H and O–H groups in total. The van der Waals surface area contributed by atoms with Gasteiger partial charge in [-0.3, -0.25) is 4.79 Å². The van der Waals surface area contributed by atoms with Gasteiger partial charge in [0, 0.05) is 16.8 Å². The molecular weight excluding hydrogens is 362 g/mol. The first kappa shape index (κ1) is 19.4. The van der Waals surface area contributed by atoms with Gasteiger partial charge in [-0.1, -0.05) is 11.6 Å². The van der Waals surface area contributed by atoms with Crippen LogP contribution in [-0.2, 0) is 4.79 Å². The molecule has 0 bridgehead atoms. The first-order chi connectivity index (χ1) is 12.3. The van der Waals surface area contributed by atoms with Gasteiger partial charge in [-0.2, -0.15) is 0 Å². The highest BCUT2D eigenvalue weighted by atomic mass is 35.5. The summed E-state index contributed by atoms with van der Waals surface area (Å²) in [5.74, 6) is -0.210. The third-order valence-electron chi connectivity index (χ3n) is 3.56. The van der Waals surface area contributed by atoms with Crippen molar-refractivity contribution in [2.45, 2.75) is 6.92 Å². The summed E-state index contributed by atoms with van der Waals surface area (Å²) in [5.41, 5.74) is 1.57. The summed E-state index contributed by atoms with van der Waals surface area (Å²) in [6, 6.07) is 7.73. The summed E-state index contributed by atoms with van der Waals surface area (Å²) in [6.45, 7) is 1.32. The third kappa shape index (κ3) is 4.58. The molecule has 7 nitrogen and oxygen atoms in total. The maximum Gasteiger partial charge on any atom is 0.341 e. The number of hydrogen-bond acceptors (Lipinski definition) is 5. The van der Waals surface area contributed by atoms with Crippen molar-refractivity contribution >= 4 is 29.2 Å². The Labute approximate surface area is 155 Å². The number of ether oxygens (including phenoxy) is 3. The number of aliphatic carboxylic acids is 1. The molecule has 0 aliphatic heterocycles. The fraction of sp³-hybridized carbons (Fsp3) is 0.222. The molecule has 2 rings (SSSR count). The number of carboxylic acid groups (broad SMARTS) is 1. The van der Waals surface area contributed by atoms with Gasteiger partial charge in [-0.15, -0.1) is 0 Å². The molecule has 8 heteroatoms. The number of nitrogens with one attached hydrogen (secondary N) is 1. The number of anilines is 1. The fourth-order valence-corrected chi connectivity index (χ4v) is 2.49. The monoisotopic (exact) mass is 379 g/mol. The summed E-state index contributed by atoms with van der Waals surface area (Å²) in [7, 11) is 3.03. The number of rotatable bonds is 7. The Morgan fingerprint density at radius 3 is 2.19 bits per heavy atom. The van der Waals surface area contributed by atoms with Crippen LogP contribution in [0.2, 0.25) is 5.02 Å². The molecule has 2 aromatic carbocycles. The molecule has 138 valence electrons. The van der Waals surface area contributed by atoms with Crippen molar-refractivity contribution < 1.29 is 28.9 Å². The molecule has 0 fully saturated rings. The minimum absolute atomic E-state index is 0.183. The van der Waals surface area contributed by atoms with Crippen molar-refractivity contribution in [3.63, 3.8) is 0 Å². The zero-order valence-corrected chi connectivity index (χ0v) is 15.2. The van der Waals surface area contributed by atoms with Crippen LogP contribution in [-0.4, -0.2) is 37.8 Å². The van der Waals surface area contributed by atoms with Gasteiger partial charge in [0.05, 0.1) is 19.2 Å². The Balaban J connectivity index is 2.19. The van der Waals surface area contributed by atoms with E-state index in [2.05, 4.69) is 5.32 Å². The Hall–Kier alpha value is -2.93. The molecule has 0 saturated heterocycles. The average Bonchev–Trinajstić information content (AvgIpc) is 2.61. The van der Waals surface area contributed by atoms with E-state index in [4.69, 9.17) is 30.9 Å². The Morgan fingerprint density at radius 2 is 1.69 bits per heavy atom.